The van der Waals surface area contributed by atoms with Crippen LogP contribution < -0.4 is 5.32 Å². The molecule has 2 aromatic rings. The second-order valence-electron chi connectivity index (χ2n) is 6.16. The van der Waals surface area contributed by atoms with E-state index in [9.17, 15) is 0 Å². The summed E-state index contributed by atoms with van der Waals surface area (Å²) in [6.45, 7) is 2.31. The number of aromatic nitrogens is 2. The molecule has 2 aliphatic rings. The first-order valence-corrected chi connectivity index (χ1v) is 8.06. The third-order valence-corrected chi connectivity index (χ3v) is 4.80. The number of piperidine rings is 1. The minimum absolute atomic E-state index is 0.662. The summed E-state index contributed by atoms with van der Waals surface area (Å²) in [5.41, 5.74) is 2.33. The van der Waals surface area contributed by atoms with Gasteiger partial charge in [0.05, 0.1) is 11.0 Å². The summed E-state index contributed by atoms with van der Waals surface area (Å²) in [6.07, 6.45) is 6.24. The Morgan fingerprint density at radius 3 is 2.75 bits per heavy atom. The molecule has 106 valence electrons. The van der Waals surface area contributed by atoms with Crippen LogP contribution in [0.25, 0.3) is 11.0 Å². The average molecular weight is 290 g/mol. The molecule has 4 rings (SSSR count). The van der Waals surface area contributed by atoms with E-state index in [0.717, 1.165) is 36.0 Å². The Hall–Kier alpha value is -1.06. The molecule has 0 amide bonds. The number of nitrogens with one attached hydrogen (secondary N) is 1. The van der Waals surface area contributed by atoms with E-state index in [1.165, 1.54) is 37.0 Å². The Morgan fingerprint density at radius 1 is 1.20 bits per heavy atom. The fourth-order valence-corrected chi connectivity index (χ4v) is 3.51. The van der Waals surface area contributed by atoms with Gasteiger partial charge in [-0.1, -0.05) is 11.6 Å². The van der Waals surface area contributed by atoms with Crippen LogP contribution in [0.4, 0.5) is 0 Å². The molecule has 0 spiro atoms. The number of nitrogens with zero attached hydrogens (tertiary/aromatic N) is 2. The van der Waals surface area contributed by atoms with E-state index in [-0.39, 0.29) is 0 Å². The summed E-state index contributed by atoms with van der Waals surface area (Å²) in [5.74, 6) is 2.05. The molecule has 2 fully saturated rings. The Labute approximate surface area is 124 Å². The summed E-state index contributed by atoms with van der Waals surface area (Å²) in [7, 11) is 0. The van der Waals surface area contributed by atoms with Gasteiger partial charge in [-0.3, -0.25) is 0 Å². The van der Waals surface area contributed by atoms with E-state index in [4.69, 9.17) is 16.6 Å². The topological polar surface area (TPSA) is 29.9 Å². The van der Waals surface area contributed by atoms with Crippen LogP contribution in [0.1, 0.15) is 37.5 Å². The van der Waals surface area contributed by atoms with E-state index in [1.807, 2.05) is 6.07 Å². The summed E-state index contributed by atoms with van der Waals surface area (Å²) in [5, 5.41) is 4.25. The molecule has 4 heteroatoms. The molecule has 20 heavy (non-hydrogen) atoms. The normalized spacial score (nSPS) is 20.6. The van der Waals surface area contributed by atoms with Crippen molar-refractivity contribution in [2.24, 2.45) is 5.92 Å². The highest BCUT2D eigenvalue weighted by molar-refractivity contribution is 6.31. The lowest BCUT2D eigenvalue weighted by Crippen LogP contribution is -2.29. The van der Waals surface area contributed by atoms with Crippen molar-refractivity contribution in [1.82, 2.24) is 14.9 Å². The van der Waals surface area contributed by atoms with Gasteiger partial charge in [0, 0.05) is 17.5 Å². The number of fused-ring (bicyclic) bond motifs is 1. The van der Waals surface area contributed by atoms with Crippen molar-refractivity contribution in [3.63, 3.8) is 0 Å². The number of hydrogen-bond donors (Lipinski definition) is 1. The zero-order valence-corrected chi connectivity index (χ0v) is 12.4. The van der Waals surface area contributed by atoms with Crippen LogP contribution in [-0.2, 0) is 6.42 Å². The van der Waals surface area contributed by atoms with Gasteiger partial charge in [0.1, 0.15) is 5.82 Å². The molecule has 1 N–H and O–H groups in total. The largest absolute Gasteiger partial charge is 0.325 e. The number of hydrogen-bond acceptors (Lipinski definition) is 2. The molecule has 0 radical (unpaired) electrons. The van der Waals surface area contributed by atoms with Crippen molar-refractivity contribution < 1.29 is 0 Å². The number of halogens is 1. The summed E-state index contributed by atoms with van der Waals surface area (Å²) in [6, 6.07) is 6.74. The second-order valence-corrected chi connectivity index (χ2v) is 6.60. The van der Waals surface area contributed by atoms with E-state index < -0.39 is 0 Å². The first-order valence-electron chi connectivity index (χ1n) is 7.68. The molecule has 1 aliphatic heterocycles. The Kier molecular flexibility index (Phi) is 3.20. The average Bonchev–Trinajstić information content (AvgIpc) is 3.23. The van der Waals surface area contributed by atoms with Crippen LogP contribution in [0.2, 0.25) is 5.02 Å². The summed E-state index contributed by atoms with van der Waals surface area (Å²) < 4.78 is 2.46. The third kappa shape index (κ3) is 2.33. The first-order chi connectivity index (χ1) is 9.81. The molecular weight excluding hydrogens is 270 g/mol. The zero-order valence-electron chi connectivity index (χ0n) is 11.6. The molecule has 1 aliphatic carbocycles. The third-order valence-electron chi connectivity index (χ3n) is 4.57. The van der Waals surface area contributed by atoms with E-state index in [2.05, 4.69) is 22.0 Å². The summed E-state index contributed by atoms with van der Waals surface area (Å²) in [4.78, 5) is 4.89. The maximum absolute atomic E-state index is 6.17. The van der Waals surface area contributed by atoms with Crippen molar-refractivity contribution in [1.29, 1.82) is 0 Å². The van der Waals surface area contributed by atoms with Gasteiger partial charge in [0.2, 0.25) is 0 Å². The highest BCUT2D eigenvalue weighted by atomic mass is 35.5. The van der Waals surface area contributed by atoms with Gasteiger partial charge < -0.3 is 9.88 Å². The van der Waals surface area contributed by atoms with Crippen LogP contribution in [-0.4, -0.2) is 22.6 Å². The SMILES string of the molecule is Clc1ccc2nc(CC3CCNCC3)n(C3CC3)c2c1. The van der Waals surface area contributed by atoms with Crippen LogP contribution >= 0.6 is 11.6 Å². The molecule has 3 nitrogen and oxygen atoms in total. The molecule has 0 bridgehead atoms. The van der Waals surface area contributed by atoms with E-state index >= 15 is 0 Å². The lowest BCUT2D eigenvalue weighted by atomic mass is 9.94. The Morgan fingerprint density at radius 2 is 2.00 bits per heavy atom. The smallest absolute Gasteiger partial charge is 0.110 e. The van der Waals surface area contributed by atoms with Crippen LogP contribution in [0, 0.1) is 5.92 Å². The molecule has 1 saturated heterocycles. The predicted octanol–water partition coefficient (Wildman–Crippen LogP) is 3.57. The van der Waals surface area contributed by atoms with Gasteiger partial charge in [-0.25, -0.2) is 4.98 Å². The minimum atomic E-state index is 0.662. The van der Waals surface area contributed by atoms with Crippen molar-refractivity contribution in [2.45, 2.75) is 38.1 Å². The molecule has 0 atom stereocenters. The van der Waals surface area contributed by atoms with E-state index in [0.29, 0.717) is 6.04 Å². The highest BCUT2D eigenvalue weighted by Crippen LogP contribution is 2.39. The van der Waals surface area contributed by atoms with Crippen molar-refractivity contribution in [2.75, 3.05) is 13.1 Å². The van der Waals surface area contributed by atoms with Crippen molar-refractivity contribution in [3.8, 4) is 0 Å². The van der Waals surface area contributed by atoms with Crippen LogP contribution in [0.3, 0.4) is 0 Å². The molecular formula is C16H20ClN3. The maximum Gasteiger partial charge on any atom is 0.110 e. The van der Waals surface area contributed by atoms with Crippen LogP contribution in [0.15, 0.2) is 18.2 Å². The molecule has 2 heterocycles. The van der Waals surface area contributed by atoms with Gasteiger partial charge in [0.15, 0.2) is 0 Å². The standard InChI is InChI=1S/C16H20ClN3/c17-12-1-4-14-15(10-12)20(13-2-3-13)16(19-14)9-11-5-7-18-8-6-11/h1,4,10-11,13,18H,2-3,5-9H2. The lowest BCUT2D eigenvalue weighted by Gasteiger charge is -2.22. The van der Waals surface area contributed by atoms with Gasteiger partial charge in [0.25, 0.3) is 0 Å². The Bertz CT molecular complexity index is 624. The second kappa shape index (κ2) is 5.05. The fraction of sp³-hybridized carbons (Fsp3) is 0.562. The molecule has 1 aromatic carbocycles. The lowest BCUT2D eigenvalue weighted by molar-refractivity contribution is 0.363. The molecule has 0 unspecified atom stereocenters. The Balaban J connectivity index is 1.72. The summed E-state index contributed by atoms with van der Waals surface area (Å²) >= 11 is 6.17. The zero-order chi connectivity index (χ0) is 13.5. The monoisotopic (exact) mass is 289 g/mol. The predicted molar refractivity (Wildman–Crippen MR) is 82.3 cm³/mol. The van der Waals surface area contributed by atoms with Gasteiger partial charge in [-0.05, 0) is 62.9 Å². The number of rotatable bonds is 3. The number of imidazole rings is 1. The maximum atomic E-state index is 6.17. The molecule has 1 aromatic heterocycles. The van der Waals surface area contributed by atoms with Crippen molar-refractivity contribution in [3.05, 3.63) is 29.0 Å². The van der Waals surface area contributed by atoms with Gasteiger partial charge in [-0.2, -0.15) is 0 Å². The fourth-order valence-electron chi connectivity index (χ4n) is 3.34. The van der Waals surface area contributed by atoms with Crippen LogP contribution in [0.5, 0.6) is 0 Å². The van der Waals surface area contributed by atoms with Gasteiger partial charge >= 0.3 is 0 Å². The van der Waals surface area contributed by atoms with E-state index in [1.54, 1.807) is 0 Å². The first kappa shape index (κ1) is 12.7. The molecule has 1 saturated carbocycles. The highest BCUT2D eigenvalue weighted by Gasteiger charge is 2.29. The van der Waals surface area contributed by atoms with Crippen molar-refractivity contribution >= 4 is 22.6 Å². The quantitative estimate of drug-likeness (QED) is 0.936. The number of benzene rings is 1. The van der Waals surface area contributed by atoms with Gasteiger partial charge in [-0.15, -0.1) is 0 Å². The minimum Gasteiger partial charge on any atom is -0.325 e.